The predicted molar refractivity (Wildman–Crippen MR) is 130 cm³/mol. The van der Waals surface area contributed by atoms with Crippen molar-refractivity contribution in [3.63, 3.8) is 0 Å². The molecule has 3 N–H and O–H groups in total. The molecule has 1 saturated heterocycles. The van der Waals surface area contributed by atoms with Crippen LogP contribution in [0.25, 0.3) is 0 Å². The first kappa shape index (κ1) is 26.5. The topological polar surface area (TPSA) is 126 Å². The van der Waals surface area contributed by atoms with Crippen LogP contribution in [0.4, 0.5) is 11.4 Å². The largest absolute Gasteiger partial charge is 0.480 e. The number of hydrogen-bond acceptors (Lipinski definition) is 7. The van der Waals surface area contributed by atoms with E-state index in [1.54, 1.807) is 11.0 Å². The molecule has 1 aromatic carbocycles. The van der Waals surface area contributed by atoms with Gasteiger partial charge in [-0.1, -0.05) is 13.0 Å². The molecule has 10 heteroatoms. The van der Waals surface area contributed by atoms with Crippen LogP contribution in [0.5, 0.6) is 0 Å². The van der Waals surface area contributed by atoms with Crippen LogP contribution in [0.3, 0.4) is 0 Å². The van der Waals surface area contributed by atoms with Gasteiger partial charge in [-0.2, -0.15) is 5.26 Å². The first-order chi connectivity index (χ1) is 15.8. The summed E-state index contributed by atoms with van der Waals surface area (Å²) in [6, 6.07) is 9.24. The van der Waals surface area contributed by atoms with E-state index in [4.69, 9.17) is 10.4 Å². The maximum Gasteiger partial charge on any atom is 0.321 e. The number of likely N-dealkylation sites (N-methyl/N-ethyl adjacent to an activating group) is 1. The number of carboxylic acids is 1. The van der Waals surface area contributed by atoms with Gasteiger partial charge in [-0.3, -0.25) is 19.3 Å². The smallest absolute Gasteiger partial charge is 0.321 e. The molecule has 2 rings (SSSR count). The van der Waals surface area contributed by atoms with Crippen molar-refractivity contribution >= 4 is 40.9 Å². The van der Waals surface area contributed by atoms with Gasteiger partial charge < -0.3 is 20.6 Å². The molecule has 0 radical (unpaired) electrons. The Morgan fingerprint density at radius 1 is 1.33 bits per heavy atom. The molecule has 0 aromatic heterocycles. The number of rotatable bonds is 13. The van der Waals surface area contributed by atoms with Gasteiger partial charge in [-0.25, -0.2) is 0 Å². The highest BCUT2D eigenvalue weighted by Crippen LogP contribution is 2.36. The second kappa shape index (κ2) is 13.1. The van der Waals surface area contributed by atoms with Crippen molar-refractivity contribution in [2.45, 2.75) is 43.7 Å². The van der Waals surface area contributed by atoms with Crippen LogP contribution in [0, 0.1) is 17.2 Å². The number of carbonyl (C=O) groups is 3. The van der Waals surface area contributed by atoms with Gasteiger partial charge in [0.1, 0.15) is 5.92 Å². The van der Waals surface area contributed by atoms with Crippen LogP contribution in [0.2, 0.25) is 0 Å². The minimum Gasteiger partial charge on any atom is -0.480 e. The van der Waals surface area contributed by atoms with Gasteiger partial charge in [0, 0.05) is 30.9 Å². The van der Waals surface area contributed by atoms with Crippen molar-refractivity contribution in [2.24, 2.45) is 5.92 Å². The van der Waals surface area contributed by atoms with E-state index in [2.05, 4.69) is 17.6 Å². The second-order valence-electron chi connectivity index (χ2n) is 8.04. The Morgan fingerprint density at radius 3 is 2.70 bits per heavy atom. The highest BCUT2D eigenvalue weighted by atomic mass is 32.2. The summed E-state index contributed by atoms with van der Waals surface area (Å²) in [5.74, 6) is -2.37. The number of hydrogen-bond donors (Lipinski definition) is 3. The fourth-order valence-corrected chi connectivity index (χ4v) is 5.34. The van der Waals surface area contributed by atoms with Crippen LogP contribution in [0.15, 0.2) is 24.3 Å². The van der Waals surface area contributed by atoms with Gasteiger partial charge in [-0.05, 0) is 51.6 Å². The van der Waals surface area contributed by atoms with E-state index in [1.807, 2.05) is 43.1 Å². The molecule has 2 amide bonds. The van der Waals surface area contributed by atoms with Crippen molar-refractivity contribution in [3.05, 3.63) is 24.3 Å². The predicted octanol–water partition coefficient (Wildman–Crippen LogP) is 2.67. The Hall–Kier alpha value is -2.77. The van der Waals surface area contributed by atoms with Crippen LogP contribution >= 0.6 is 11.8 Å². The Bertz CT molecular complexity index is 875. The lowest BCUT2D eigenvalue weighted by molar-refractivity contribution is -0.141. The molecule has 3 atom stereocenters. The van der Waals surface area contributed by atoms with E-state index in [0.717, 1.165) is 18.7 Å². The third-order valence-electron chi connectivity index (χ3n) is 5.36. The Labute approximate surface area is 199 Å². The third-order valence-corrected chi connectivity index (χ3v) is 6.89. The molecule has 3 unspecified atom stereocenters. The Kier molecular flexibility index (Phi) is 10.5. The Morgan fingerprint density at radius 2 is 2.06 bits per heavy atom. The van der Waals surface area contributed by atoms with Crippen molar-refractivity contribution in [2.75, 3.05) is 43.9 Å². The van der Waals surface area contributed by atoms with Crippen LogP contribution in [-0.2, 0) is 14.4 Å². The zero-order valence-corrected chi connectivity index (χ0v) is 20.2. The van der Waals surface area contributed by atoms with Crippen molar-refractivity contribution in [3.8, 4) is 6.07 Å². The summed E-state index contributed by atoms with van der Waals surface area (Å²) >= 11 is 1.43. The number of amides is 2. The maximum atomic E-state index is 12.7. The van der Waals surface area contributed by atoms with E-state index in [-0.39, 0.29) is 28.9 Å². The molecule has 9 nitrogen and oxygen atoms in total. The summed E-state index contributed by atoms with van der Waals surface area (Å²) in [7, 11) is 1.91. The van der Waals surface area contributed by atoms with E-state index in [9.17, 15) is 14.4 Å². The number of nitriles is 1. The molecule has 1 heterocycles. The number of carboxylic acid groups (broad SMARTS) is 1. The number of benzene rings is 1. The van der Waals surface area contributed by atoms with Crippen molar-refractivity contribution in [1.29, 1.82) is 5.26 Å². The molecular weight excluding hydrogens is 442 g/mol. The first-order valence-electron chi connectivity index (χ1n) is 11.2. The second-order valence-corrected chi connectivity index (χ2v) is 9.43. The molecule has 0 aliphatic carbocycles. The highest BCUT2D eigenvalue weighted by Gasteiger charge is 2.40. The van der Waals surface area contributed by atoms with E-state index < -0.39 is 11.9 Å². The van der Waals surface area contributed by atoms with Crippen LogP contribution in [0.1, 0.15) is 33.1 Å². The fourth-order valence-electron chi connectivity index (χ4n) is 3.75. The molecule has 1 aliphatic rings. The number of thioether (sulfide) groups is 1. The number of aliphatic carboxylic acids is 1. The lowest BCUT2D eigenvalue weighted by Crippen LogP contribution is -2.36. The lowest BCUT2D eigenvalue weighted by Gasteiger charge is -2.22. The minimum atomic E-state index is -1.16. The molecule has 0 spiro atoms. The normalized spacial score (nSPS) is 18.8. The van der Waals surface area contributed by atoms with E-state index in [1.165, 1.54) is 11.8 Å². The average molecular weight is 476 g/mol. The van der Waals surface area contributed by atoms with Crippen LogP contribution < -0.4 is 10.6 Å². The van der Waals surface area contributed by atoms with Gasteiger partial charge in [0.25, 0.3) is 0 Å². The summed E-state index contributed by atoms with van der Waals surface area (Å²) in [5, 5.41) is 23.8. The standard InChI is InChI=1S/C23H33N5O4S/c1-4-11-27(3)15-20(29)26-18-8-6-7-17(13-18)25-10-9-19-22(30)28(5-2)21(33-19)12-16(14-24)23(31)32/h6-8,13,16,19,21,25H,4-5,9-12,15H2,1-3H3,(H,26,29)(H,31,32). The molecule has 1 fully saturated rings. The molecule has 0 saturated carbocycles. The summed E-state index contributed by atoms with van der Waals surface area (Å²) in [5.41, 5.74) is 1.54. The molecule has 1 aromatic rings. The number of carbonyl (C=O) groups excluding carboxylic acids is 2. The molecule has 1 aliphatic heterocycles. The fraction of sp³-hybridized carbons (Fsp3) is 0.565. The van der Waals surface area contributed by atoms with Gasteiger partial charge >= 0.3 is 5.97 Å². The summed E-state index contributed by atoms with van der Waals surface area (Å²) in [6.45, 7) is 6.14. The van der Waals surface area contributed by atoms with Gasteiger partial charge in [-0.15, -0.1) is 11.8 Å². The number of nitrogens with one attached hydrogen (secondary N) is 2. The monoisotopic (exact) mass is 475 g/mol. The minimum absolute atomic E-state index is 0.0198. The van der Waals surface area contributed by atoms with E-state index in [0.29, 0.717) is 31.7 Å². The lowest BCUT2D eigenvalue weighted by atomic mass is 10.1. The summed E-state index contributed by atoms with van der Waals surface area (Å²) in [6.07, 6.45) is 1.68. The van der Waals surface area contributed by atoms with Crippen molar-refractivity contribution < 1.29 is 19.5 Å². The first-order valence-corrected chi connectivity index (χ1v) is 12.1. The zero-order valence-electron chi connectivity index (χ0n) is 19.4. The Balaban J connectivity index is 1.87. The molecule has 33 heavy (non-hydrogen) atoms. The van der Waals surface area contributed by atoms with Gasteiger partial charge in [0.05, 0.1) is 23.2 Å². The quantitative estimate of drug-likeness (QED) is 0.398. The SMILES string of the molecule is CCCN(C)CC(=O)Nc1cccc(NCCC2SC(CC(C#N)C(=O)O)N(CC)C2=O)c1. The number of nitrogens with zero attached hydrogens (tertiary/aromatic N) is 3. The third kappa shape index (κ3) is 7.94. The average Bonchev–Trinajstić information content (AvgIpc) is 3.06. The summed E-state index contributed by atoms with van der Waals surface area (Å²) in [4.78, 5) is 39.8. The van der Waals surface area contributed by atoms with Gasteiger partial charge in [0.15, 0.2) is 0 Å². The highest BCUT2D eigenvalue weighted by molar-refractivity contribution is 8.01. The number of anilines is 2. The van der Waals surface area contributed by atoms with Gasteiger partial charge in [0.2, 0.25) is 11.8 Å². The maximum absolute atomic E-state index is 12.7. The molecular formula is C23H33N5O4S. The van der Waals surface area contributed by atoms with Crippen LogP contribution in [-0.4, -0.2) is 76.5 Å². The van der Waals surface area contributed by atoms with Crippen molar-refractivity contribution in [1.82, 2.24) is 9.80 Å². The molecule has 0 bridgehead atoms. The van der Waals surface area contributed by atoms with E-state index >= 15 is 0 Å². The zero-order chi connectivity index (χ0) is 24.4. The summed E-state index contributed by atoms with van der Waals surface area (Å²) < 4.78 is 0. The molecule has 180 valence electrons.